The summed E-state index contributed by atoms with van der Waals surface area (Å²) in [4.78, 5) is 40.2. The van der Waals surface area contributed by atoms with E-state index >= 15 is 0 Å². The van der Waals surface area contributed by atoms with Gasteiger partial charge in [0.25, 0.3) is 5.91 Å². The second-order valence-electron chi connectivity index (χ2n) is 9.78. The van der Waals surface area contributed by atoms with Crippen LogP contribution in [0.15, 0.2) is 53.4 Å². The number of rotatable bonds is 9. The molecule has 0 saturated carbocycles. The summed E-state index contributed by atoms with van der Waals surface area (Å²) in [6, 6.07) is 12.6. The maximum atomic E-state index is 13.4. The van der Waals surface area contributed by atoms with Crippen molar-refractivity contribution in [1.29, 1.82) is 0 Å². The van der Waals surface area contributed by atoms with Crippen LogP contribution in [0.4, 0.5) is 10.5 Å². The van der Waals surface area contributed by atoms with E-state index in [-0.39, 0.29) is 22.4 Å². The van der Waals surface area contributed by atoms with Crippen LogP contribution in [-0.4, -0.2) is 61.2 Å². The van der Waals surface area contributed by atoms with E-state index in [2.05, 4.69) is 10.6 Å². The van der Waals surface area contributed by atoms with Crippen LogP contribution in [0.5, 0.6) is 5.75 Å². The summed E-state index contributed by atoms with van der Waals surface area (Å²) in [5.74, 6) is -0.892. The number of benzene rings is 2. The lowest BCUT2D eigenvalue weighted by Gasteiger charge is -2.26. The molecule has 2 aliphatic rings. The molecule has 2 aliphatic heterocycles. The van der Waals surface area contributed by atoms with Gasteiger partial charge in [0.15, 0.2) is 0 Å². The largest absolute Gasteiger partial charge is 0.489 e. The molecule has 0 unspecified atom stereocenters. The molecule has 2 aromatic carbocycles. The Bertz CT molecular complexity index is 1310. The third-order valence-corrected chi connectivity index (χ3v) is 8.71. The Labute approximate surface area is 223 Å². The lowest BCUT2D eigenvalue weighted by Crippen LogP contribution is -2.44. The average Bonchev–Trinajstić information content (AvgIpc) is 3.15. The number of ether oxygens (including phenoxy) is 1. The number of anilines is 1. The standard InChI is InChI=1S/C27H34N4O6S/c1-4-27(20-11-7-5-8-12-20)25(33)31(26(34)29-27)18-24(32)28-22-17-21(13-14-23(22)37-19(2)3)38(35,36)30-15-9-6-10-16-30/h5,7-8,11-14,17,19H,4,6,9-10,15-16,18H2,1-3H3,(H,28,32)(H,29,34)/t27-/m1/s1. The van der Waals surface area contributed by atoms with Crippen molar-refractivity contribution in [3.05, 3.63) is 54.1 Å². The monoisotopic (exact) mass is 542 g/mol. The smallest absolute Gasteiger partial charge is 0.325 e. The summed E-state index contributed by atoms with van der Waals surface area (Å²) in [6.07, 6.45) is 2.65. The number of urea groups is 1. The number of piperidine rings is 1. The number of sulfonamides is 1. The van der Waals surface area contributed by atoms with Gasteiger partial charge in [-0.2, -0.15) is 4.31 Å². The first-order valence-corrected chi connectivity index (χ1v) is 14.3. The van der Waals surface area contributed by atoms with Crippen LogP contribution < -0.4 is 15.4 Å². The fourth-order valence-corrected chi connectivity index (χ4v) is 6.39. The number of amides is 4. The van der Waals surface area contributed by atoms with Crippen LogP contribution in [0.3, 0.4) is 0 Å². The summed E-state index contributed by atoms with van der Waals surface area (Å²) in [6.45, 7) is 5.76. The molecule has 2 fully saturated rings. The van der Waals surface area contributed by atoms with Crippen molar-refractivity contribution in [3.8, 4) is 5.75 Å². The summed E-state index contributed by atoms with van der Waals surface area (Å²) in [5, 5.41) is 5.42. The predicted octanol–water partition coefficient (Wildman–Crippen LogP) is 3.44. The quantitative estimate of drug-likeness (QED) is 0.468. The second-order valence-corrected chi connectivity index (χ2v) is 11.7. The third kappa shape index (κ3) is 5.39. The summed E-state index contributed by atoms with van der Waals surface area (Å²) >= 11 is 0. The van der Waals surface area contributed by atoms with Crippen LogP contribution in [0.25, 0.3) is 0 Å². The minimum atomic E-state index is -3.76. The lowest BCUT2D eigenvalue weighted by molar-refractivity contribution is -0.134. The first kappa shape index (κ1) is 27.6. The highest BCUT2D eigenvalue weighted by Gasteiger charge is 2.51. The Kier molecular flexibility index (Phi) is 8.08. The molecule has 4 amide bonds. The maximum Gasteiger partial charge on any atom is 0.325 e. The molecule has 38 heavy (non-hydrogen) atoms. The zero-order chi connectivity index (χ0) is 27.5. The van der Waals surface area contributed by atoms with E-state index in [0.717, 1.165) is 24.2 Å². The number of hydrogen-bond acceptors (Lipinski definition) is 6. The van der Waals surface area contributed by atoms with Crippen molar-refractivity contribution in [2.45, 2.75) is 63.0 Å². The molecule has 11 heteroatoms. The Morgan fingerprint density at radius 3 is 2.39 bits per heavy atom. The molecule has 204 valence electrons. The first-order valence-electron chi connectivity index (χ1n) is 12.9. The molecule has 0 bridgehead atoms. The van der Waals surface area contributed by atoms with E-state index in [4.69, 9.17) is 4.74 Å². The predicted molar refractivity (Wildman–Crippen MR) is 142 cm³/mol. The van der Waals surface area contributed by atoms with Crippen molar-refractivity contribution in [1.82, 2.24) is 14.5 Å². The van der Waals surface area contributed by atoms with Crippen molar-refractivity contribution < 1.29 is 27.5 Å². The Balaban J connectivity index is 1.57. The van der Waals surface area contributed by atoms with Gasteiger partial charge in [-0.15, -0.1) is 0 Å². The van der Waals surface area contributed by atoms with Gasteiger partial charge in [0.05, 0.1) is 16.7 Å². The Morgan fingerprint density at radius 1 is 1.08 bits per heavy atom. The van der Waals surface area contributed by atoms with Crippen LogP contribution in [0, 0.1) is 0 Å². The molecule has 0 aliphatic carbocycles. The van der Waals surface area contributed by atoms with E-state index < -0.39 is 40.0 Å². The molecule has 2 aromatic rings. The molecule has 0 aromatic heterocycles. The molecular formula is C27H34N4O6S. The van der Waals surface area contributed by atoms with Crippen LogP contribution in [-0.2, 0) is 25.2 Å². The van der Waals surface area contributed by atoms with Gasteiger partial charge in [0.1, 0.15) is 17.8 Å². The summed E-state index contributed by atoms with van der Waals surface area (Å²) in [7, 11) is -3.76. The van der Waals surface area contributed by atoms with E-state index in [1.54, 1.807) is 31.2 Å². The Morgan fingerprint density at radius 2 is 1.76 bits per heavy atom. The number of hydrogen-bond donors (Lipinski definition) is 2. The molecule has 10 nitrogen and oxygen atoms in total. The van der Waals surface area contributed by atoms with Gasteiger partial charge >= 0.3 is 6.03 Å². The fraction of sp³-hybridized carbons (Fsp3) is 0.444. The van der Waals surface area contributed by atoms with Gasteiger partial charge in [0.2, 0.25) is 15.9 Å². The topological polar surface area (TPSA) is 125 Å². The first-order chi connectivity index (χ1) is 18.1. The minimum Gasteiger partial charge on any atom is -0.489 e. The molecule has 0 radical (unpaired) electrons. The molecule has 0 spiro atoms. The number of nitrogens with one attached hydrogen (secondary N) is 2. The van der Waals surface area contributed by atoms with Gasteiger partial charge in [-0.3, -0.25) is 14.5 Å². The molecular weight excluding hydrogens is 508 g/mol. The van der Waals surface area contributed by atoms with Gasteiger partial charge in [-0.05, 0) is 56.9 Å². The average molecular weight is 543 g/mol. The van der Waals surface area contributed by atoms with Gasteiger partial charge in [0, 0.05) is 13.1 Å². The zero-order valence-corrected chi connectivity index (χ0v) is 22.7. The van der Waals surface area contributed by atoms with Crippen molar-refractivity contribution in [2.24, 2.45) is 0 Å². The third-order valence-electron chi connectivity index (χ3n) is 6.81. The van der Waals surface area contributed by atoms with Gasteiger partial charge in [-0.25, -0.2) is 13.2 Å². The molecule has 2 N–H and O–H groups in total. The summed E-state index contributed by atoms with van der Waals surface area (Å²) in [5.41, 5.74) is -0.474. The number of imide groups is 1. The minimum absolute atomic E-state index is 0.0369. The Hall–Kier alpha value is -3.44. The van der Waals surface area contributed by atoms with E-state index in [1.165, 1.54) is 22.5 Å². The molecule has 1 atom stereocenters. The number of nitrogens with zero attached hydrogens (tertiary/aromatic N) is 2. The number of carbonyl (C=O) groups excluding carboxylic acids is 3. The van der Waals surface area contributed by atoms with Gasteiger partial charge < -0.3 is 15.4 Å². The van der Waals surface area contributed by atoms with Crippen molar-refractivity contribution in [2.75, 3.05) is 25.0 Å². The highest BCUT2D eigenvalue weighted by atomic mass is 32.2. The van der Waals surface area contributed by atoms with Gasteiger partial charge in [-0.1, -0.05) is 43.7 Å². The fourth-order valence-electron chi connectivity index (χ4n) is 4.84. The lowest BCUT2D eigenvalue weighted by atomic mass is 9.87. The molecule has 2 saturated heterocycles. The summed E-state index contributed by atoms with van der Waals surface area (Å²) < 4.78 is 33.7. The van der Waals surface area contributed by atoms with Crippen molar-refractivity contribution in [3.63, 3.8) is 0 Å². The van der Waals surface area contributed by atoms with Crippen molar-refractivity contribution >= 4 is 33.6 Å². The maximum absolute atomic E-state index is 13.4. The van der Waals surface area contributed by atoms with Crippen LogP contribution in [0.2, 0.25) is 0 Å². The van der Waals surface area contributed by atoms with Crippen LogP contribution in [0.1, 0.15) is 52.0 Å². The van der Waals surface area contributed by atoms with E-state index in [1.807, 2.05) is 19.9 Å². The van der Waals surface area contributed by atoms with Crippen LogP contribution >= 0.6 is 0 Å². The van der Waals surface area contributed by atoms with E-state index in [0.29, 0.717) is 25.1 Å². The molecule has 2 heterocycles. The molecule has 4 rings (SSSR count). The normalized spacial score (nSPS) is 20.5. The highest BCUT2D eigenvalue weighted by Crippen LogP contribution is 2.33. The SMILES string of the molecule is CC[C@]1(c2ccccc2)NC(=O)N(CC(=O)Nc2cc(S(=O)(=O)N3CCCCC3)ccc2OC(C)C)C1=O. The zero-order valence-electron chi connectivity index (χ0n) is 21.9. The second kappa shape index (κ2) is 11.1. The number of carbonyl (C=O) groups is 3. The highest BCUT2D eigenvalue weighted by molar-refractivity contribution is 7.89. The van der Waals surface area contributed by atoms with E-state index in [9.17, 15) is 22.8 Å².